The van der Waals surface area contributed by atoms with E-state index in [1.54, 1.807) is 17.5 Å². The van der Waals surface area contributed by atoms with E-state index in [0.29, 0.717) is 11.7 Å². The number of nitrogens with one attached hydrogen (secondary N) is 1. The molecule has 35 heavy (non-hydrogen) atoms. The van der Waals surface area contributed by atoms with Crippen LogP contribution < -0.4 is 16.0 Å². The number of rotatable bonds is 7. The molecule has 0 atom stereocenters. The van der Waals surface area contributed by atoms with Crippen molar-refractivity contribution in [2.75, 3.05) is 0 Å². The van der Waals surface area contributed by atoms with E-state index in [1.807, 2.05) is 10.6 Å². The van der Waals surface area contributed by atoms with Crippen LogP contribution in [0.2, 0.25) is 0 Å². The number of fused-ring (bicyclic) bond motifs is 1. The van der Waals surface area contributed by atoms with Crippen molar-refractivity contribution in [1.29, 1.82) is 0 Å². The first kappa shape index (κ1) is 22.6. The van der Waals surface area contributed by atoms with Gasteiger partial charge in [0.15, 0.2) is 5.65 Å². The topological polar surface area (TPSA) is 116 Å². The molecular weight excluding hydrogens is 463 g/mol. The zero-order valence-corrected chi connectivity index (χ0v) is 18.3. The van der Waals surface area contributed by atoms with E-state index in [2.05, 4.69) is 9.97 Å². The molecule has 0 bridgehead atoms. The SMILES string of the molecule is NC(=O)c1cc(-c2ccc(OCc3cnc4c(c3)ncn4CC3CC3)cc2)c(C(F)(F)F)[nH]c1=O. The number of aromatic amines is 1. The molecule has 3 N–H and O–H groups in total. The number of imidazole rings is 1. The molecule has 3 heterocycles. The molecular formula is C24H20F3N5O3. The average Bonchev–Trinajstić information content (AvgIpc) is 3.55. The van der Waals surface area contributed by atoms with Gasteiger partial charge < -0.3 is 20.0 Å². The third kappa shape index (κ3) is 4.75. The quantitative estimate of drug-likeness (QED) is 0.414. The highest BCUT2D eigenvalue weighted by Gasteiger charge is 2.36. The van der Waals surface area contributed by atoms with Crippen LogP contribution >= 0.6 is 0 Å². The smallest absolute Gasteiger partial charge is 0.431 e. The number of ether oxygens (including phenoxy) is 1. The summed E-state index contributed by atoms with van der Waals surface area (Å²) in [6, 6.07) is 8.56. The van der Waals surface area contributed by atoms with Gasteiger partial charge in [-0.1, -0.05) is 12.1 Å². The summed E-state index contributed by atoms with van der Waals surface area (Å²) in [5.74, 6) is -0.00347. The van der Waals surface area contributed by atoms with Gasteiger partial charge in [0.1, 0.15) is 29.1 Å². The molecule has 1 aromatic carbocycles. The van der Waals surface area contributed by atoms with Crippen LogP contribution in [0.15, 0.2) is 53.7 Å². The second-order valence-corrected chi connectivity index (χ2v) is 8.50. The monoisotopic (exact) mass is 483 g/mol. The third-order valence-electron chi connectivity index (χ3n) is 5.82. The molecule has 1 aliphatic rings. The summed E-state index contributed by atoms with van der Waals surface area (Å²) < 4.78 is 48.3. The number of pyridine rings is 2. The lowest BCUT2D eigenvalue weighted by molar-refractivity contribution is -0.140. The van der Waals surface area contributed by atoms with E-state index < -0.39 is 28.9 Å². The number of hydrogen-bond donors (Lipinski definition) is 2. The predicted molar refractivity (Wildman–Crippen MR) is 121 cm³/mol. The van der Waals surface area contributed by atoms with Gasteiger partial charge in [0.25, 0.3) is 11.5 Å². The molecule has 8 nitrogen and oxygen atoms in total. The summed E-state index contributed by atoms with van der Waals surface area (Å²) in [4.78, 5) is 33.9. The second kappa shape index (κ2) is 8.57. The molecule has 0 saturated heterocycles. The van der Waals surface area contributed by atoms with Crippen molar-refractivity contribution in [2.24, 2.45) is 11.7 Å². The first-order valence-corrected chi connectivity index (χ1v) is 10.9. The lowest BCUT2D eigenvalue weighted by Crippen LogP contribution is -2.27. The Morgan fingerprint density at radius 3 is 2.57 bits per heavy atom. The van der Waals surface area contributed by atoms with Crippen molar-refractivity contribution < 1.29 is 22.7 Å². The van der Waals surface area contributed by atoms with Crippen LogP contribution in [-0.4, -0.2) is 25.4 Å². The van der Waals surface area contributed by atoms with Crippen LogP contribution in [0.25, 0.3) is 22.3 Å². The first-order chi connectivity index (χ1) is 16.7. The molecule has 180 valence electrons. The first-order valence-electron chi connectivity index (χ1n) is 10.9. The third-order valence-corrected chi connectivity index (χ3v) is 5.82. The minimum Gasteiger partial charge on any atom is -0.489 e. The highest BCUT2D eigenvalue weighted by atomic mass is 19.4. The largest absolute Gasteiger partial charge is 0.489 e. The van der Waals surface area contributed by atoms with Crippen molar-refractivity contribution in [2.45, 2.75) is 32.2 Å². The van der Waals surface area contributed by atoms with E-state index in [-0.39, 0.29) is 17.7 Å². The Hall–Kier alpha value is -4.15. The number of aromatic nitrogens is 4. The van der Waals surface area contributed by atoms with Gasteiger partial charge in [0, 0.05) is 23.9 Å². The summed E-state index contributed by atoms with van der Waals surface area (Å²) in [6.07, 6.45) is 1.13. The van der Waals surface area contributed by atoms with Gasteiger partial charge in [-0.25, -0.2) is 9.97 Å². The zero-order valence-electron chi connectivity index (χ0n) is 18.3. The molecule has 0 unspecified atom stereocenters. The number of halogens is 3. The van der Waals surface area contributed by atoms with Gasteiger partial charge in [-0.3, -0.25) is 9.59 Å². The van der Waals surface area contributed by atoms with Gasteiger partial charge in [0.05, 0.1) is 6.33 Å². The number of benzene rings is 1. The Bertz CT molecular complexity index is 1470. The Kier molecular flexibility index (Phi) is 5.54. The number of hydrogen-bond acceptors (Lipinski definition) is 5. The number of carbonyl (C=O) groups is 1. The molecule has 5 rings (SSSR count). The maximum absolute atomic E-state index is 13.5. The molecule has 1 aliphatic carbocycles. The number of nitrogens with zero attached hydrogens (tertiary/aromatic N) is 3. The van der Waals surface area contributed by atoms with Crippen LogP contribution in [0.4, 0.5) is 13.2 Å². The molecule has 1 fully saturated rings. The Morgan fingerprint density at radius 2 is 1.91 bits per heavy atom. The summed E-state index contributed by atoms with van der Waals surface area (Å²) >= 11 is 0. The van der Waals surface area contributed by atoms with Crippen molar-refractivity contribution >= 4 is 17.1 Å². The molecule has 1 saturated carbocycles. The molecule has 11 heteroatoms. The highest BCUT2D eigenvalue weighted by molar-refractivity contribution is 5.94. The van der Waals surface area contributed by atoms with Gasteiger partial charge in [-0.05, 0) is 48.6 Å². The van der Waals surface area contributed by atoms with Crippen LogP contribution in [0.1, 0.15) is 34.5 Å². The van der Waals surface area contributed by atoms with Crippen molar-refractivity contribution in [3.63, 3.8) is 0 Å². The number of H-pyrrole nitrogens is 1. The van der Waals surface area contributed by atoms with E-state index in [1.165, 1.54) is 37.1 Å². The number of alkyl halides is 3. The van der Waals surface area contributed by atoms with Crippen LogP contribution in [0.5, 0.6) is 5.75 Å². The van der Waals surface area contributed by atoms with Crippen molar-refractivity contribution in [3.8, 4) is 16.9 Å². The normalized spacial score (nSPS) is 13.8. The maximum atomic E-state index is 13.5. The van der Waals surface area contributed by atoms with Crippen LogP contribution in [0.3, 0.4) is 0 Å². The molecule has 0 radical (unpaired) electrons. The van der Waals surface area contributed by atoms with Gasteiger partial charge in [-0.15, -0.1) is 0 Å². The number of amides is 1. The van der Waals surface area contributed by atoms with Crippen molar-refractivity contribution in [1.82, 2.24) is 19.5 Å². The molecule has 1 amide bonds. The summed E-state index contributed by atoms with van der Waals surface area (Å²) in [5.41, 5.74) is 4.26. The summed E-state index contributed by atoms with van der Waals surface area (Å²) in [7, 11) is 0. The Labute approximate surface area is 196 Å². The average molecular weight is 483 g/mol. The maximum Gasteiger partial charge on any atom is 0.431 e. The number of primary amides is 1. The van der Waals surface area contributed by atoms with Gasteiger partial charge in [-0.2, -0.15) is 13.2 Å². The number of carbonyl (C=O) groups excluding carboxylic acids is 1. The lowest BCUT2D eigenvalue weighted by Gasteiger charge is -2.14. The molecule has 4 aromatic rings. The van der Waals surface area contributed by atoms with Crippen molar-refractivity contribution in [3.05, 3.63) is 76.1 Å². The summed E-state index contributed by atoms with van der Waals surface area (Å²) in [5, 5.41) is 0. The fraction of sp³-hybridized carbons (Fsp3) is 0.250. The predicted octanol–water partition coefficient (Wildman–Crippen LogP) is 3.89. The molecule has 3 aromatic heterocycles. The highest BCUT2D eigenvalue weighted by Crippen LogP contribution is 2.36. The fourth-order valence-corrected chi connectivity index (χ4v) is 3.84. The Morgan fingerprint density at radius 1 is 1.17 bits per heavy atom. The van der Waals surface area contributed by atoms with Gasteiger partial charge >= 0.3 is 6.18 Å². The number of nitrogens with two attached hydrogens (primary N) is 1. The minimum absolute atomic E-state index is 0.132. The molecule has 0 aliphatic heterocycles. The van der Waals surface area contributed by atoms with Crippen LogP contribution in [-0.2, 0) is 19.3 Å². The van der Waals surface area contributed by atoms with Crippen LogP contribution in [0, 0.1) is 5.92 Å². The summed E-state index contributed by atoms with van der Waals surface area (Å²) in [6.45, 7) is 1.11. The lowest BCUT2D eigenvalue weighted by atomic mass is 10.0. The zero-order chi connectivity index (χ0) is 24.7. The van der Waals surface area contributed by atoms with E-state index in [4.69, 9.17) is 10.5 Å². The fourth-order valence-electron chi connectivity index (χ4n) is 3.84. The minimum atomic E-state index is -4.84. The van der Waals surface area contributed by atoms with E-state index >= 15 is 0 Å². The standard InChI is InChI=1S/C24H20F3N5O3/c25-24(26,27)20-17(8-18(21(28)33)23(34)31-20)15-3-5-16(6-4-15)35-11-14-7-19-22(29-9-14)32(12-30-19)10-13-1-2-13/h3-9,12-13H,1-2,10-11H2,(H2,28,33)(H,31,34). The van der Waals surface area contributed by atoms with E-state index in [9.17, 15) is 22.8 Å². The second-order valence-electron chi connectivity index (χ2n) is 8.50. The van der Waals surface area contributed by atoms with Gasteiger partial charge in [0.2, 0.25) is 0 Å². The molecule has 0 spiro atoms. The Balaban J connectivity index is 1.34. The van der Waals surface area contributed by atoms with E-state index in [0.717, 1.165) is 29.3 Å².